The minimum Gasteiger partial charge on any atom is -0.374 e. The summed E-state index contributed by atoms with van der Waals surface area (Å²) in [5.74, 6) is 0.705. The van der Waals surface area contributed by atoms with E-state index >= 15 is 0 Å². The summed E-state index contributed by atoms with van der Waals surface area (Å²) < 4.78 is 5.62. The molecule has 0 spiro atoms. The van der Waals surface area contributed by atoms with Crippen molar-refractivity contribution in [1.82, 2.24) is 10.3 Å². The summed E-state index contributed by atoms with van der Waals surface area (Å²) in [6.07, 6.45) is 4.96. The number of rotatable bonds is 7. The highest BCUT2D eigenvalue weighted by atomic mass is 32.1. The van der Waals surface area contributed by atoms with Crippen molar-refractivity contribution in [3.63, 3.8) is 0 Å². The maximum Gasteiger partial charge on any atom is 0.122 e. The van der Waals surface area contributed by atoms with Gasteiger partial charge in [-0.2, -0.15) is 0 Å². The molecule has 1 saturated carbocycles. The van der Waals surface area contributed by atoms with Crippen LogP contribution in [0.25, 0.3) is 0 Å². The van der Waals surface area contributed by atoms with Crippen LogP contribution in [-0.2, 0) is 11.3 Å². The van der Waals surface area contributed by atoms with Gasteiger partial charge in [0.05, 0.1) is 5.69 Å². The van der Waals surface area contributed by atoms with Crippen molar-refractivity contribution in [1.29, 1.82) is 0 Å². The third kappa shape index (κ3) is 4.27. The third-order valence-corrected chi connectivity index (χ3v) is 4.76. The molecule has 1 fully saturated rings. The Bertz CT molecular complexity index is 432. The Hall–Kier alpha value is -0.450. The zero-order chi connectivity index (χ0) is 14.8. The molecule has 20 heavy (non-hydrogen) atoms. The van der Waals surface area contributed by atoms with Gasteiger partial charge in [0.2, 0.25) is 0 Å². The number of ether oxygens (including phenoxy) is 1. The highest BCUT2D eigenvalue weighted by molar-refractivity contribution is 7.11. The number of hydrogen-bond donors (Lipinski definition) is 1. The normalized spacial score (nSPS) is 17.4. The summed E-state index contributed by atoms with van der Waals surface area (Å²) in [7, 11) is 1.80. The molecule has 0 aliphatic heterocycles. The lowest BCUT2D eigenvalue weighted by Crippen LogP contribution is -2.35. The SMILES string of the molecule is CCCC(OC)c1nc(C2CC2)c(CNC(C)(C)C)s1. The number of nitrogens with one attached hydrogen (secondary N) is 1. The molecule has 2 rings (SSSR count). The van der Waals surface area contributed by atoms with Gasteiger partial charge in [-0.3, -0.25) is 0 Å². The van der Waals surface area contributed by atoms with E-state index in [4.69, 9.17) is 9.72 Å². The van der Waals surface area contributed by atoms with E-state index in [2.05, 4.69) is 33.0 Å². The van der Waals surface area contributed by atoms with Gasteiger partial charge >= 0.3 is 0 Å². The Balaban J connectivity index is 2.15. The van der Waals surface area contributed by atoms with Crippen molar-refractivity contribution in [3.8, 4) is 0 Å². The first-order valence-electron chi connectivity index (χ1n) is 7.72. The second-order valence-electron chi connectivity index (χ2n) is 6.75. The van der Waals surface area contributed by atoms with Crippen LogP contribution in [0, 0.1) is 0 Å². The Kier molecular flexibility index (Phi) is 5.21. The van der Waals surface area contributed by atoms with E-state index in [9.17, 15) is 0 Å². The number of aromatic nitrogens is 1. The van der Waals surface area contributed by atoms with Crippen molar-refractivity contribution in [2.45, 2.75) is 77.5 Å². The van der Waals surface area contributed by atoms with Crippen LogP contribution in [0.3, 0.4) is 0 Å². The summed E-state index contributed by atoms with van der Waals surface area (Å²) in [6.45, 7) is 9.75. The van der Waals surface area contributed by atoms with Gasteiger partial charge in [0, 0.05) is 30.0 Å². The molecule has 1 aliphatic carbocycles. The van der Waals surface area contributed by atoms with Crippen LogP contribution in [0.5, 0.6) is 0 Å². The molecular weight excluding hydrogens is 268 g/mol. The average Bonchev–Trinajstić information content (AvgIpc) is 3.13. The highest BCUT2D eigenvalue weighted by Crippen LogP contribution is 2.44. The molecule has 114 valence electrons. The van der Waals surface area contributed by atoms with E-state index in [1.807, 2.05) is 11.3 Å². The standard InChI is InChI=1S/C16H28N2OS/c1-6-7-12(19-5)15-18-14(11-8-9-11)13(20-15)10-17-16(2,3)4/h11-12,17H,6-10H2,1-5H3. The number of thiazole rings is 1. The Morgan fingerprint density at radius 1 is 1.40 bits per heavy atom. The molecule has 1 heterocycles. The fourth-order valence-electron chi connectivity index (χ4n) is 2.27. The fourth-order valence-corrected chi connectivity index (χ4v) is 3.48. The molecule has 0 amide bonds. The summed E-state index contributed by atoms with van der Waals surface area (Å²) in [5.41, 5.74) is 1.48. The fraction of sp³-hybridized carbons (Fsp3) is 0.812. The molecule has 1 aromatic rings. The minimum atomic E-state index is 0.148. The van der Waals surface area contributed by atoms with Crippen molar-refractivity contribution in [2.75, 3.05) is 7.11 Å². The van der Waals surface area contributed by atoms with Gasteiger partial charge in [0.25, 0.3) is 0 Å². The summed E-state index contributed by atoms with van der Waals surface area (Å²) in [4.78, 5) is 6.33. The quantitative estimate of drug-likeness (QED) is 0.810. The van der Waals surface area contributed by atoms with E-state index < -0.39 is 0 Å². The molecule has 0 saturated heterocycles. The molecule has 3 nitrogen and oxygen atoms in total. The molecule has 1 unspecified atom stereocenters. The van der Waals surface area contributed by atoms with Crippen molar-refractivity contribution < 1.29 is 4.74 Å². The Morgan fingerprint density at radius 3 is 2.60 bits per heavy atom. The predicted molar refractivity (Wildman–Crippen MR) is 85.3 cm³/mol. The second-order valence-corrected chi connectivity index (χ2v) is 7.87. The van der Waals surface area contributed by atoms with E-state index in [-0.39, 0.29) is 11.6 Å². The first-order valence-corrected chi connectivity index (χ1v) is 8.53. The number of methoxy groups -OCH3 is 1. The Morgan fingerprint density at radius 2 is 2.10 bits per heavy atom. The molecule has 1 atom stereocenters. The average molecular weight is 296 g/mol. The van der Waals surface area contributed by atoms with Gasteiger partial charge in [0.1, 0.15) is 11.1 Å². The second kappa shape index (κ2) is 6.54. The zero-order valence-electron chi connectivity index (χ0n) is 13.5. The van der Waals surface area contributed by atoms with Crippen molar-refractivity contribution in [2.24, 2.45) is 0 Å². The van der Waals surface area contributed by atoms with E-state index in [0.717, 1.165) is 19.4 Å². The van der Waals surface area contributed by atoms with Crippen LogP contribution in [0.4, 0.5) is 0 Å². The van der Waals surface area contributed by atoms with Gasteiger partial charge in [-0.25, -0.2) is 4.98 Å². The van der Waals surface area contributed by atoms with Gasteiger partial charge in [-0.05, 0) is 40.0 Å². The maximum absolute atomic E-state index is 5.62. The molecule has 0 aromatic carbocycles. The zero-order valence-corrected chi connectivity index (χ0v) is 14.3. The first-order chi connectivity index (χ1) is 9.44. The topological polar surface area (TPSA) is 34.1 Å². The van der Waals surface area contributed by atoms with E-state index in [1.54, 1.807) is 7.11 Å². The number of hydrogen-bond acceptors (Lipinski definition) is 4. The lowest BCUT2D eigenvalue weighted by Gasteiger charge is -2.20. The summed E-state index contributed by atoms with van der Waals surface area (Å²) in [5, 5.41) is 4.76. The van der Waals surface area contributed by atoms with E-state index in [0.29, 0.717) is 5.92 Å². The van der Waals surface area contributed by atoms with Crippen LogP contribution in [0.1, 0.15) is 81.0 Å². The lowest BCUT2D eigenvalue weighted by atomic mass is 10.1. The van der Waals surface area contributed by atoms with Gasteiger partial charge in [-0.1, -0.05) is 13.3 Å². The maximum atomic E-state index is 5.62. The molecule has 1 N–H and O–H groups in total. The third-order valence-electron chi connectivity index (χ3n) is 3.60. The smallest absolute Gasteiger partial charge is 0.122 e. The molecular formula is C16H28N2OS. The Labute approximate surface area is 127 Å². The van der Waals surface area contributed by atoms with Crippen LogP contribution in [0.15, 0.2) is 0 Å². The minimum absolute atomic E-state index is 0.148. The van der Waals surface area contributed by atoms with Crippen LogP contribution in [0.2, 0.25) is 0 Å². The summed E-state index contributed by atoms with van der Waals surface area (Å²) in [6, 6.07) is 0. The largest absolute Gasteiger partial charge is 0.374 e. The van der Waals surface area contributed by atoms with Gasteiger partial charge in [0.15, 0.2) is 0 Å². The molecule has 0 radical (unpaired) electrons. The number of nitrogens with zero attached hydrogens (tertiary/aromatic N) is 1. The first kappa shape index (κ1) is 15.9. The van der Waals surface area contributed by atoms with Crippen LogP contribution >= 0.6 is 11.3 Å². The predicted octanol–water partition coefficient (Wildman–Crippen LogP) is 4.40. The monoisotopic (exact) mass is 296 g/mol. The molecule has 1 aliphatic rings. The molecule has 4 heteroatoms. The summed E-state index contributed by atoms with van der Waals surface area (Å²) >= 11 is 1.84. The van der Waals surface area contributed by atoms with Crippen LogP contribution in [-0.4, -0.2) is 17.6 Å². The van der Waals surface area contributed by atoms with Crippen LogP contribution < -0.4 is 5.32 Å². The highest BCUT2D eigenvalue weighted by Gasteiger charge is 2.31. The van der Waals surface area contributed by atoms with Gasteiger partial charge in [-0.15, -0.1) is 11.3 Å². The van der Waals surface area contributed by atoms with E-state index in [1.165, 1.54) is 28.4 Å². The lowest BCUT2D eigenvalue weighted by molar-refractivity contribution is 0.0946. The van der Waals surface area contributed by atoms with Crippen molar-refractivity contribution in [3.05, 3.63) is 15.6 Å². The molecule has 1 aromatic heterocycles. The van der Waals surface area contributed by atoms with Crippen molar-refractivity contribution >= 4 is 11.3 Å². The molecule has 0 bridgehead atoms. The van der Waals surface area contributed by atoms with Gasteiger partial charge < -0.3 is 10.1 Å².